The Morgan fingerprint density at radius 3 is 1.56 bits per heavy atom. The van der Waals surface area contributed by atoms with Crippen LogP contribution in [0.5, 0.6) is 0 Å². The maximum Gasteiger partial charge on any atom is 0.339 e. The van der Waals surface area contributed by atoms with E-state index in [4.69, 9.17) is 18.9 Å². The molecule has 11 nitrogen and oxygen atoms in total. The van der Waals surface area contributed by atoms with Gasteiger partial charge in [0.25, 0.3) is 0 Å². The van der Waals surface area contributed by atoms with Crippen LogP contribution in [0.1, 0.15) is 70.7 Å². The molecule has 36 heavy (non-hydrogen) atoms. The monoisotopic (exact) mass is 502 g/mol. The molecule has 2 N–H and O–H groups in total. The van der Waals surface area contributed by atoms with Crippen LogP contribution in [-0.4, -0.2) is 80.0 Å². The zero-order valence-corrected chi connectivity index (χ0v) is 19.8. The van der Waals surface area contributed by atoms with Crippen LogP contribution < -0.4 is 0 Å². The minimum absolute atomic E-state index is 0.0732. The summed E-state index contributed by atoms with van der Waals surface area (Å²) >= 11 is 0. The van der Waals surface area contributed by atoms with E-state index in [0.29, 0.717) is 6.61 Å². The molecule has 0 unspecified atom stereocenters. The molecule has 0 radical (unpaired) electrons. The fraction of sp³-hybridized carbons (Fsp3) is 0.320. The predicted octanol–water partition coefficient (Wildman–Crippen LogP) is 2.70. The summed E-state index contributed by atoms with van der Waals surface area (Å²) in [7, 11) is 1.40. The van der Waals surface area contributed by atoms with Crippen LogP contribution in [0, 0.1) is 0 Å². The molecular weight excluding hydrogens is 476 g/mol. The molecule has 0 aliphatic heterocycles. The average Bonchev–Trinajstić information content (AvgIpc) is 2.87. The zero-order chi connectivity index (χ0) is 26.7. The maximum absolute atomic E-state index is 13.1. The van der Waals surface area contributed by atoms with E-state index in [1.807, 2.05) is 6.92 Å². The molecule has 0 heterocycles. The average molecular weight is 502 g/mol. The number of benzene rings is 2. The van der Waals surface area contributed by atoms with E-state index in [9.17, 15) is 34.2 Å². The number of hydrogen-bond acceptors (Lipinski definition) is 9. The van der Waals surface area contributed by atoms with E-state index in [0.717, 1.165) is 30.7 Å². The summed E-state index contributed by atoms with van der Waals surface area (Å²) in [5.41, 5.74) is -1.58. The quantitative estimate of drug-likeness (QED) is 0.222. The van der Waals surface area contributed by atoms with Crippen LogP contribution in [0.2, 0.25) is 0 Å². The van der Waals surface area contributed by atoms with Gasteiger partial charge in [0.15, 0.2) is 5.78 Å². The van der Waals surface area contributed by atoms with Crippen molar-refractivity contribution in [1.82, 2.24) is 0 Å². The van der Waals surface area contributed by atoms with Gasteiger partial charge in [0.1, 0.15) is 13.2 Å². The van der Waals surface area contributed by atoms with Crippen molar-refractivity contribution in [3.63, 3.8) is 0 Å². The summed E-state index contributed by atoms with van der Waals surface area (Å²) < 4.78 is 20.1. The number of carboxylic acid groups (broad SMARTS) is 2. The van der Waals surface area contributed by atoms with Crippen molar-refractivity contribution in [2.45, 2.75) is 13.3 Å². The van der Waals surface area contributed by atoms with Gasteiger partial charge in [-0.3, -0.25) is 4.79 Å². The molecular formula is C25H26O11. The third kappa shape index (κ3) is 7.45. The van der Waals surface area contributed by atoms with E-state index in [-0.39, 0.29) is 59.8 Å². The molecule has 2 rings (SSSR count). The Morgan fingerprint density at radius 1 is 0.667 bits per heavy atom. The second-order valence-corrected chi connectivity index (χ2v) is 7.34. The lowest BCUT2D eigenvalue weighted by Crippen LogP contribution is -2.17. The molecule has 0 bridgehead atoms. The molecule has 0 saturated heterocycles. The van der Waals surface area contributed by atoms with Crippen molar-refractivity contribution >= 4 is 29.7 Å². The lowest BCUT2D eigenvalue weighted by molar-refractivity contribution is 0.0314. The number of carbonyl (C=O) groups excluding carboxylic acids is 3. The highest BCUT2D eigenvalue weighted by molar-refractivity contribution is 6.13. The van der Waals surface area contributed by atoms with Crippen LogP contribution in [0.15, 0.2) is 36.4 Å². The van der Waals surface area contributed by atoms with Crippen molar-refractivity contribution in [3.8, 4) is 0 Å². The molecule has 0 amide bonds. The van der Waals surface area contributed by atoms with Gasteiger partial charge < -0.3 is 29.2 Å². The number of carboxylic acids is 2. The summed E-state index contributed by atoms with van der Waals surface area (Å²) in [5, 5.41) is 18.8. The maximum atomic E-state index is 13.1. The van der Waals surface area contributed by atoms with Crippen molar-refractivity contribution in [2.75, 3.05) is 40.1 Å². The number of methoxy groups -OCH3 is 1. The molecule has 0 aromatic heterocycles. The smallest absolute Gasteiger partial charge is 0.339 e. The molecule has 0 fully saturated rings. The van der Waals surface area contributed by atoms with E-state index in [2.05, 4.69) is 0 Å². The minimum atomic E-state index is -1.40. The zero-order valence-electron chi connectivity index (χ0n) is 19.8. The van der Waals surface area contributed by atoms with E-state index in [1.54, 1.807) is 0 Å². The molecule has 11 heteroatoms. The van der Waals surface area contributed by atoms with Crippen molar-refractivity contribution in [3.05, 3.63) is 69.8 Å². The standard InChI is InChI=1S/C25H26O11/c1-3-8-34-10-12-36-25(32)20-14-16(5-7-18(20)23(29)30)21(26)15-4-6-17(22(27)28)19(13-15)24(31)35-11-9-33-2/h4-7,13-14H,3,8-12H2,1-2H3,(H,27,28)(H,29,30). The third-order valence-corrected chi connectivity index (χ3v) is 4.79. The van der Waals surface area contributed by atoms with Gasteiger partial charge >= 0.3 is 23.9 Å². The van der Waals surface area contributed by atoms with Crippen molar-refractivity contribution in [1.29, 1.82) is 0 Å². The molecule has 0 atom stereocenters. The normalized spacial score (nSPS) is 10.5. The highest BCUT2D eigenvalue weighted by Crippen LogP contribution is 2.20. The lowest BCUT2D eigenvalue weighted by atomic mass is 9.95. The van der Waals surface area contributed by atoms with Crippen LogP contribution in [0.4, 0.5) is 0 Å². The summed E-state index contributed by atoms with van der Waals surface area (Å²) in [6.45, 7) is 2.37. The summed E-state index contributed by atoms with van der Waals surface area (Å²) in [6.07, 6.45) is 0.779. The molecule has 0 aliphatic rings. The topological polar surface area (TPSA) is 163 Å². The highest BCUT2D eigenvalue weighted by Gasteiger charge is 2.24. The van der Waals surface area contributed by atoms with Crippen LogP contribution in [0.3, 0.4) is 0 Å². The molecule has 0 saturated carbocycles. The SMILES string of the molecule is CCCOCCOC(=O)c1cc(C(=O)c2ccc(C(=O)O)c(C(=O)OCCOC)c2)ccc1C(=O)O. The lowest BCUT2D eigenvalue weighted by Gasteiger charge is -2.11. The number of ketones is 1. The van der Waals surface area contributed by atoms with Gasteiger partial charge in [-0.25, -0.2) is 19.2 Å². The number of aromatic carboxylic acids is 2. The molecule has 2 aromatic rings. The molecule has 192 valence electrons. The van der Waals surface area contributed by atoms with Gasteiger partial charge in [0.05, 0.1) is 35.5 Å². The van der Waals surface area contributed by atoms with Gasteiger partial charge in [-0.15, -0.1) is 0 Å². The van der Waals surface area contributed by atoms with Crippen molar-refractivity contribution in [2.24, 2.45) is 0 Å². The molecule has 0 spiro atoms. The highest BCUT2D eigenvalue weighted by atomic mass is 16.6. The van der Waals surface area contributed by atoms with Gasteiger partial charge in [-0.05, 0) is 30.7 Å². The third-order valence-electron chi connectivity index (χ3n) is 4.79. The first kappa shape index (κ1) is 28.1. The Labute approximate surface area is 206 Å². The Kier molecular flexibility index (Phi) is 10.7. The van der Waals surface area contributed by atoms with Crippen LogP contribution in [0.25, 0.3) is 0 Å². The predicted molar refractivity (Wildman–Crippen MR) is 124 cm³/mol. The van der Waals surface area contributed by atoms with Crippen LogP contribution in [-0.2, 0) is 18.9 Å². The van der Waals surface area contributed by atoms with Gasteiger partial charge in [-0.1, -0.05) is 19.1 Å². The largest absolute Gasteiger partial charge is 0.478 e. The van der Waals surface area contributed by atoms with Gasteiger partial charge in [-0.2, -0.15) is 0 Å². The van der Waals surface area contributed by atoms with E-state index >= 15 is 0 Å². The van der Waals surface area contributed by atoms with E-state index < -0.39 is 29.7 Å². The Bertz CT molecular complexity index is 1140. The number of ether oxygens (including phenoxy) is 4. The number of carbonyl (C=O) groups is 5. The van der Waals surface area contributed by atoms with Crippen molar-refractivity contribution < 1.29 is 53.1 Å². The number of rotatable bonds is 14. The first-order valence-corrected chi connectivity index (χ1v) is 10.9. The Balaban J connectivity index is 2.36. The number of hydrogen-bond donors (Lipinski definition) is 2. The molecule has 0 aliphatic carbocycles. The Hall–Kier alpha value is -4.09. The fourth-order valence-corrected chi connectivity index (χ4v) is 3.06. The summed E-state index contributed by atoms with van der Waals surface area (Å²) in [6, 6.07) is 6.71. The molecule has 2 aromatic carbocycles. The fourth-order valence-electron chi connectivity index (χ4n) is 3.06. The summed E-state index contributed by atoms with van der Waals surface area (Å²) in [4.78, 5) is 61.1. The van der Waals surface area contributed by atoms with E-state index in [1.165, 1.54) is 19.2 Å². The van der Waals surface area contributed by atoms with Crippen LogP contribution >= 0.6 is 0 Å². The second-order valence-electron chi connectivity index (χ2n) is 7.34. The number of esters is 2. The van der Waals surface area contributed by atoms with Gasteiger partial charge in [0.2, 0.25) is 0 Å². The minimum Gasteiger partial charge on any atom is -0.478 e. The first-order chi connectivity index (χ1) is 17.2. The summed E-state index contributed by atoms with van der Waals surface area (Å²) in [5.74, 6) is -5.39. The second kappa shape index (κ2) is 13.7. The Morgan fingerprint density at radius 2 is 1.14 bits per heavy atom. The first-order valence-electron chi connectivity index (χ1n) is 10.9. The van der Waals surface area contributed by atoms with Gasteiger partial charge in [0, 0.05) is 24.8 Å².